The highest BCUT2D eigenvalue weighted by Gasteiger charge is 2.13. The van der Waals surface area contributed by atoms with Crippen LogP contribution in [0, 0.1) is 0 Å². The number of hydrogen-bond donors (Lipinski definition) is 2. The van der Waals surface area contributed by atoms with E-state index in [4.69, 9.17) is 21.1 Å². The van der Waals surface area contributed by atoms with Gasteiger partial charge < -0.3 is 20.1 Å². The summed E-state index contributed by atoms with van der Waals surface area (Å²) in [6, 6.07) is 11.3. The van der Waals surface area contributed by atoms with E-state index in [1.165, 1.54) is 6.92 Å². The lowest BCUT2D eigenvalue weighted by atomic mass is 10.2. The van der Waals surface area contributed by atoms with Crippen molar-refractivity contribution < 1.29 is 14.3 Å². The molecule has 0 aliphatic heterocycles. The first kappa shape index (κ1) is 18.9. The Bertz CT molecular complexity index is 730. The largest absolute Gasteiger partial charge is 0.493 e. The first-order chi connectivity index (χ1) is 11.9. The van der Waals surface area contributed by atoms with Crippen molar-refractivity contribution in [3.05, 3.63) is 47.0 Å². The Hall–Kier alpha value is -2.40. The number of nitrogens with one attached hydrogen (secondary N) is 2. The summed E-state index contributed by atoms with van der Waals surface area (Å²) >= 11 is 6.34. The van der Waals surface area contributed by atoms with Crippen LogP contribution in [0.25, 0.3) is 0 Å². The SMILES string of the molecule is COc1cc(CNc2ccc(NC(C)=O)cc2)cc(Cl)c1OC(C)C. The predicted molar refractivity (Wildman–Crippen MR) is 102 cm³/mol. The van der Waals surface area contributed by atoms with Crippen LogP contribution in [0.2, 0.25) is 5.02 Å². The molecule has 0 aliphatic rings. The molecule has 0 saturated heterocycles. The van der Waals surface area contributed by atoms with Gasteiger partial charge in [-0.1, -0.05) is 11.6 Å². The second kappa shape index (κ2) is 8.62. The average Bonchev–Trinajstić information content (AvgIpc) is 2.55. The molecule has 5 nitrogen and oxygen atoms in total. The monoisotopic (exact) mass is 362 g/mol. The highest BCUT2D eigenvalue weighted by molar-refractivity contribution is 6.32. The van der Waals surface area contributed by atoms with Crippen LogP contribution >= 0.6 is 11.6 Å². The lowest BCUT2D eigenvalue weighted by molar-refractivity contribution is -0.114. The third-order valence-corrected chi connectivity index (χ3v) is 3.63. The average molecular weight is 363 g/mol. The number of halogens is 1. The van der Waals surface area contributed by atoms with Crippen LogP contribution in [0.5, 0.6) is 11.5 Å². The molecule has 0 radical (unpaired) electrons. The molecular weight excluding hydrogens is 340 g/mol. The maximum atomic E-state index is 11.0. The van der Waals surface area contributed by atoms with E-state index < -0.39 is 0 Å². The van der Waals surface area contributed by atoms with Gasteiger partial charge in [-0.2, -0.15) is 0 Å². The molecule has 1 amide bonds. The van der Waals surface area contributed by atoms with Gasteiger partial charge in [0, 0.05) is 24.8 Å². The van der Waals surface area contributed by atoms with Crippen LogP contribution in [-0.2, 0) is 11.3 Å². The Balaban J connectivity index is 2.07. The maximum Gasteiger partial charge on any atom is 0.221 e. The Kier molecular flexibility index (Phi) is 6.53. The lowest BCUT2D eigenvalue weighted by Gasteiger charge is -2.17. The zero-order chi connectivity index (χ0) is 18.4. The van der Waals surface area contributed by atoms with Crippen molar-refractivity contribution in [3.8, 4) is 11.5 Å². The number of carbonyl (C=O) groups is 1. The highest BCUT2D eigenvalue weighted by atomic mass is 35.5. The molecule has 0 fully saturated rings. The van der Waals surface area contributed by atoms with E-state index in [2.05, 4.69) is 10.6 Å². The molecule has 2 aromatic carbocycles. The molecule has 0 aromatic heterocycles. The number of anilines is 2. The standard InChI is InChI=1S/C19H23ClN2O3/c1-12(2)25-19-17(20)9-14(10-18(19)24-4)11-21-15-5-7-16(8-6-15)22-13(3)23/h5-10,12,21H,11H2,1-4H3,(H,22,23). The fourth-order valence-electron chi connectivity index (χ4n) is 2.30. The molecule has 2 aromatic rings. The smallest absolute Gasteiger partial charge is 0.221 e. The molecule has 0 atom stereocenters. The van der Waals surface area contributed by atoms with E-state index in [-0.39, 0.29) is 12.0 Å². The number of ether oxygens (including phenoxy) is 2. The van der Waals surface area contributed by atoms with Crippen molar-refractivity contribution >= 4 is 28.9 Å². The van der Waals surface area contributed by atoms with Gasteiger partial charge in [0.2, 0.25) is 5.91 Å². The minimum atomic E-state index is -0.0915. The summed E-state index contributed by atoms with van der Waals surface area (Å²) in [6.45, 7) is 5.94. The quantitative estimate of drug-likeness (QED) is 0.749. The van der Waals surface area contributed by atoms with Crippen molar-refractivity contribution in [2.45, 2.75) is 33.4 Å². The number of amides is 1. The fourth-order valence-corrected chi connectivity index (χ4v) is 2.58. The third kappa shape index (κ3) is 5.57. The molecule has 0 unspecified atom stereocenters. The molecule has 6 heteroatoms. The lowest BCUT2D eigenvalue weighted by Crippen LogP contribution is -2.08. The zero-order valence-corrected chi connectivity index (χ0v) is 15.6. The summed E-state index contributed by atoms with van der Waals surface area (Å²) in [6.07, 6.45) is 0.0116. The van der Waals surface area contributed by atoms with Gasteiger partial charge in [0.1, 0.15) is 0 Å². The first-order valence-corrected chi connectivity index (χ1v) is 8.41. The Morgan fingerprint density at radius 1 is 1.16 bits per heavy atom. The normalized spacial score (nSPS) is 10.5. The van der Waals surface area contributed by atoms with E-state index in [0.717, 1.165) is 16.9 Å². The number of hydrogen-bond acceptors (Lipinski definition) is 4. The van der Waals surface area contributed by atoms with Gasteiger partial charge in [0.05, 0.1) is 18.2 Å². The van der Waals surface area contributed by atoms with Crippen molar-refractivity contribution in [2.75, 3.05) is 17.7 Å². The fraction of sp³-hybridized carbons (Fsp3) is 0.316. The maximum absolute atomic E-state index is 11.0. The second-order valence-electron chi connectivity index (χ2n) is 5.89. The van der Waals surface area contributed by atoms with Crippen LogP contribution in [-0.4, -0.2) is 19.1 Å². The third-order valence-electron chi connectivity index (χ3n) is 3.34. The molecule has 0 aliphatic carbocycles. The number of carbonyl (C=O) groups excluding carboxylic acids is 1. The molecule has 2 rings (SSSR count). The van der Waals surface area contributed by atoms with Crippen molar-refractivity contribution in [3.63, 3.8) is 0 Å². The van der Waals surface area contributed by atoms with Crippen molar-refractivity contribution in [1.82, 2.24) is 0 Å². The van der Waals surface area contributed by atoms with Crippen LogP contribution in [0.4, 0.5) is 11.4 Å². The van der Waals surface area contributed by atoms with Crippen LogP contribution in [0.1, 0.15) is 26.3 Å². The van der Waals surface area contributed by atoms with Crippen LogP contribution in [0.3, 0.4) is 0 Å². The van der Waals surface area contributed by atoms with Gasteiger partial charge in [-0.05, 0) is 55.8 Å². The van der Waals surface area contributed by atoms with E-state index >= 15 is 0 Å². The van der Waals surface area contributed by atoms with Crippen molar-refractivity contribution in [1.29, 1.82) is 0 Å². The summed E-state index contributed by atoms with van der Waals surface area (Å²) in [4.78, 5) is 11.0. The molecule has 0 saturated carbocycles. The molecule has 134 valence electrons. The van der Waals surface area contributed by atoms with E-state index in [0.29, 0.717) is 23.1 Å². The van der Waals surface area contributed by atoms with Gasteiger partial charge >= 0.3 is 0 Å². The first-order valence-electron chi connectivity index (χ1n) is 8.03. The number of benzene rings is 2. The Morgan fingerprint density at radius 3 is 2.36 bits per heavy atom. The van der Waals surface area contributed by atoms with Gasteiger partial charge in [0.15, 0.2) is 11.5 Å². The summed E-state index contributed by atoms with van der Waals surface area (Å²) in [5, 5.41) is 6.57. The van der Waals surface area contributed by atoms with Gasteiger partial charge in [-0.25, -0.2) is 0 Å². The van der Waals surface area contributed by atoms with E-state index in [1.807, 2.05) is 50.2 Å². The number of rotatable bonds is 7. The van der Waals surface area contributed by atoms with Crippen LogP contribution < -0.4 is 20.1 Å². The molecular formula is C19H23ClN2O3. The van der Waals surface area contributed by atoms with Crippen molar-refractivity contribution in [2.24, 2.45) is 0 Å². The van der Waals surface area contributed by atoms with Gasteiger partial charge in [-0.3, -0.25) is 4.79 Å². The number of methoxy groups -OCH3 is 1. The molecule has 0 bridgehead atoms. The topological polar surface area (TPSA) is 59.6 Å². The molecule has 0 spiro atoms. The summed E-state index contributed by atoms with van der Waals surface area (Å²) < 4.78 is 11.1. The van der Waals surface area contributed by atoms with Gasteiger partial charge in [-0.15, -0.1) is 0 Å². The minimum Gasteiger partial charge on any atom is -0.493 e. The molecule has 25 heavy (non-hydrogen) atoms. The summed E-state index contributed by atoms with van der Waals surface area (Å²) in [5.74, 6) is 1.08. The highest BCUT2D eigenvalue weighted by Crippen LogP contribution is 2.37. The molecule has 2 N–H and O–H groups in total. The van der Waals surface area contributed by atoms with E-state index in [9.17, 15) is 4.79 Å². The molecule has 0 heterocycles. The van der Waals surface area contributed by atoms with E-state index in [1.54, 1.807) is 7.11 Å². The minimum absolute atomic E-state index is 0.0116. The Labute approximate surface area is 153 Å². The second-order valence-corrected chi connectivity index (χ2v) is 6.29. The van der Waals surface area contributed by atoms with Crippen LogP contribution in [0.15, 0.2) is 36.4 Å². The predicted octanol–water partition coefficient (Wildman–Crippen LogP) is 4.71. The van der Waals surface area contributed by atoms with Gasteiger partial charge in [0.25, 0.3) is 0 Å². The Morgan fingerprint density at radius 2 is 1.80 bits per heavy atom. The summed E-state index contributed by atoms with van der Waals surface area (Å²) in [7, 11) is 1.59. The zero-order valence-electron chi connectivity index (χ0n) is 14.9. The summed E-state index contributed by atoms with van der Waals surface area (Å²) in [5.41, 5.74) is 2.67.